The maximum Gasteiger partial charge on any atom is 0.191 e. The number of methoxy groups -OCH3 is 1. The molecule has 0 atom stereocenters. The highest BCUT2D eigenvalue weighted by molar-refractivity contribution is 14.0. The Hall–Kier alpha value is -2.03. The fourth-order valence-corrected chi connectivity index (χ4v) is 3.74. The number of rotatable bonds is 6. The van der Waals surface area contributed by atoms with Gasteiger partial charge in [0, 0.05) is 44.3 Å². The van der Waals surface area contributed by atoms with E-state index >= 15 is 0 Å². The van der Waals surface area contributed by atoms with Crippen molar-refractivity contribution in [2.24, 2.45) is 4.99 Å². The predicted octanol–water partition coefficient (Wildman–Crippen LogP) is 4.13. The van der Waals surface area contributed by atoms with Crippen molar-refractivity contribution in [1.82, 2.24) is 15.6 Å². The lowest BCUT2D eigenvalue weighted by Crippen LogP contribution is -2.50. The van der Waals surface area contributed by atoms with E-state index in [1.165, 1.54) is 11.1 Å². The fourth-order valence-electron chi connectivity index (χ4n) is 3.74. The number of hydrogen-bond donors (Lipinski definition) is 2. The largest absolute Gasteiger partial charge is 0.497 e. The van der Waals surface area contributed by atoms with Crippen LogP contribution < -0.4 is 20.3 Å². The van der Waals surface area contributed by atoms with Gasteiger partial charge in [-0.25, -0.2) is 4.98 Å². The highest BCUT2D eigenvalue weighted by Crippen LogP contribution is 2.25. The maximum atomic E-state index is 5.38. The van der Waals surface area contributed by atoms with Gasteiger partial charge >= 0.3 is 0 Å². The van der Waals surface area contributed by atoms with Crippen molar-refractivity contribution in [3.63, 3.8) is 0 Å². The molecule has 1 fully saturated rings. The van der Waals surface area contributed by atoms with Crippen LogP contribution in [-0.4, -0.2) is 50.8 Å². The molecule has 2 heterocycles. The first kappa shape index (κ1) is 25.2. The second-order valence-electron chi connectivity index (χ2n) is 8.64. The van der Waals surface area contributed by atoms with Gasteiger partial charge < -0.3 is 20.3 Å². The molecule has 6 nitrogen and oxygen atoms in total. The van der Waals surface area contributed by atoms with E-state index in [0.717, 1.165) is 50.0 Å². The lowest BCUT2D eigenvalue weighted by molar-refractivity contribution is 0.411. The van der Waals surface area contributed by atoms with Crippen LogP contribution in [0.2, 0.25) is 0 Å². The number of aryl methyl sites for hydroxylation is 1. The summed E-state index contributed by atoms with van der Waals surface area (Å²) in [7, 11) is 3.54. The van der Waals surface area contributed by atoms with Crippen molar-refractivity contribution in [2.45, 2.75) is 45.1 Å². The summed E-state index contributed by atoms with van der Waals surface area (Å²) in [5.74, 6) is 2.82. The van der Waals surface area contributed by atoms with Gasteiger partial charge in [-0.05, 0) is 49.1 Å². The number of piperidine rings is 1. The second-order valence-corrected chi connectivity index (χ2v) is 8.64. The van der Waals surface area contributed by atoms with Gasteiger partial charge in [0.1, 0.15) is 11.6 Å². The summed E-state index contributed by atoms with van der Waals surface area (Å²) in [6.45, 7) is 9.32. The maximum absolute atomic E-state index is 5.38. The molecule has 0 saturated carbocycles. The molecule has 2 N–H and O–H groups in total. The van der Waals surface area contributed by atoms with Crippen LogP contribution in [0, 0.1) is 6.92 Å². The SMILES string of the molecule is CN=C(NCC(C)(C)c1cccc(OC)c1)NC1CCN(c2ccc(C)cn2)CC1.I. The third-order valence-electron chi connectivity index (χ3n) is 5.83. The molecule has 1 aromatic heterocycles. The zero-order chi connectivity index (χ0) is 21.6. The van der Waals surface area contributed by atoms with E-state index in [-0.39, 0.29) is 29.4 Å². The van der Waals surface area contributed by atoms with E-state index in [9.17, 15) is 0 Å². The number of benzene rings is 1. The zero-order valence-corrected chi connectivity index (χ0v) is 21.6. The van der Waals surface area contributed by atoms with Crippen LogP contribution in [0.25, 0.3) is 0 Å². The van der Waals surface area contributed by atoms with E-state index in [1.807, 2.05) is 25.4 Å². The quantitative estimate of drug-likeness (QED) is 0.330. The van der Waals surface area contributed by atoms with E-state index in [1.54, 1.807) is 7.11 Å². The van der Waals surface area contributed by atoms with Gasteiger partial charge in [-0.3, -0.25) is 4.99 Å². The van der Waals surface area contributed by atoms with Crippen molar-refractivity contribution < 1.29 is 4.74 Å². The summed E-state index contributed by atoms with van der Waals surface area (Å²) < 4.78 is 5.38. The molecule has 0 radical (unpaired) electrons. The normalized spacial score (nSPS) is 15.3. The number of nitrogens with zero attached hydrogens (tertiary/aromatic N) is 3. The van der Waals surface area contributed by atoms with E-state index in [2.05, 4.69) is 70.5 Å². The number of ether oxygens (including phenoxy) is 1. The van der Waals surface area contributed by atoms with Gasteiger partial charge in [-0.2, -0.15) is 0 Å². The van der Waals surface area contributed by atoms with Gasteiger partial charge in [0.15, 0.2) is 5.96 Å². The molecule has 0 bridgehead atoms. The molecule has 1 saturated heterocycles. The van der Waals surface area contributed by atoms with Gasteiger partial charge in [-0.1, -0.05) is 32.0 Å². The molecule has 1 aliphatic heterocycles. The number of halogens is 1. The molecule has 0 amide bonds. The minimum atomic E-state index is -0.0490. The van der Waals surface area contributed by atoms with Crippen molar-refractivity contribution in [2.75, 3.05) is 38.7 Å². The van der Waals surface area contributed by atoms with E-state index < -0.39 is 0 Å². The van der Waals surface area contributed by atoms with Gasteiger partial charge in [0.25, 0.3) is 0 Å². The Kier molecular flexibility index (Phi) is 9.40. The third-order valence-corrected chi connectivity index (χ3v) is 5.83. The van der Waals surface area contributed by atoms with Gasteiger partial charge in [0.05, 0.1) is 7.11 Å². The first-order chi connectivity index (χ1) is 14.4. The van der Waals surface area contributed by atoms with Crippen LogP contribution in [0.3, 0.4) is 0 Å². The number of pyridine rings is 1. The third kappa shape index (κ3) is 6.98. The van der Waals surface area contributed by atoms with Crippen molar-refractivity contribution in [3.05, 3.63) is 53.7 Å². The molecule has 7 heteroatoms. The van der Waals surface area contributed by atoms with Gasteiger partial charge in [0.2, 0.25) is 0 Å². The molecule has 170 valence electrons. The molecular formula is C24H36IN5O. The molecule has 0 spiro atoms. The monoisotopic (exact) mass is 537 g/mol. The Labute approximate surface area is 203 Å². The summed E-state index contributed by atoms with van der Waals surface area (Å²) in [6.07, 6.45) is 4.07. The highest BCUT2D eigenvalue weighted by atomic mass is 127. The number of aromatic nitrogens is 1. The summed E-state index contributed by atoms with van der Waals surface area (Å²) in [6, 6.07) is 12.9. The Morgan fingerprint density at radius 1 is 1.23 bits per heavy atom. The lowest BCUT2D eigenvalue weighted by Gasteiger charge is -2.34. The van der Waals surface area contributed by atoms with Crippen molar-refractivity contribution >= 4 is 35.8 Å². The summed E-state index contributed by atoms with van der Waals surface area (Å²) >= 11 is 0. The number of anilines is 1. The summed E-state index contributed by atoms with van der Waals surface area (Å²) in [5.41, 5.74) is 2.39. The first-order valence-corrected chi connectivity index (χ1v) is 10.7. The second kappa shape index (κ2) is 11.5. The van der Waals surface area contributed by atoms with Gasteiger partial charge in [-0.15, -0.1) is 24.0 Å². The smallest absolute Gasteiger partial charge is 0.191 e. The van der Waals surface area contributed by atoms with Crippen LogP contribution in [0.1, 0.15) is 37.8 Å². The van der Waals surface area contributed by atoms with Crippen LogP contribution >= 0.6 is 24.0 Å². The Morgan fingerprint density at radius 3 is 2.58 bits per heavy atom. The Morgan fingerprint density at radius 2 is 1.97 bits per heavy atom. The molecule has 1 aromatic carbocycles. The number of aliphatic imine (C=N–C) groups is 1. The zero-order valence-electron chi connectivity index (χ0n) is 19.3. The topological polar surface area (TPSA) is 61.8 Å². The predicted molar refractivity (Wildman–Crippen MR) is 140 cm³/mol. The Balaban J connectivity index is 0.00000341. The molecule has 1 aliphatic rings. The molecule has 0 aliphatic carbocycles. The molecule has 2 aromatic rings. The average Bonchev–Trinajstić information content (AvgIpc) is 2.77. The standard InChI is InChI=1S/C24H35N5O.HI/c1-18-9-10-22(26-16-18)29-13-11-20(12-14-29)28-23(25-4)27-17-24(2,3)19-7-6-8-21(15-19)30-5;/h6-10,15-16,20H,11-14,17H2,1-5H3,(H2,25,27,28);1H. The highest BCUT2D eigenvalue weighted by Gasteiger charge is 2.24. The molecule has 0 unspecified atom stereocenters. The average molecular weight is 537 g/mol. The first-order valence-electron chi connectivity index (χ1n) is 10.7. The number of nitrogens with one attached hydrogen (secondary N) is 2. The molecular weight excluding hydrogens is 501 g/mol. The number of guanidine groups is 1. The lowest BCUT2D eigenvalue weighted by atomic mass is 9.84. The van der Waals surface area contributed by atoms with Crippen LogP contribution in [-0.2, 0) is 5.41 Å². The minimum Gasteiger partial charge on any atom is -0.497 e. The van der Waals surface area contributed by atoms with Crippen molar-refractivity contribution in [1.29, 1.82) is 0 Å². The summed E-state index contributed by atoms with van der Waals surface area (Å²) in [4.78, 5) is 11.4. The van der Waals surface area contributed by atoms with E-state index in [4.69, 9.17) is 4.74 Å². The molecule has 3 rings (SSSR count). The fraction of sp³-hybridized carbons (Fsp3) is 0.500. The Bertz CT molecular complexity index is 845. The molecule has 31 heavy (non-hydrogen) atoms. The van der Waals surface area contributed by atoms with Crippen LogP contribution in [0.15, 0.2) is 47.6 Å². The van der Waals surface area contributed by atoms with Crippen molar-refractivity contribution in [3.8, 4) is 5.75 Å². The minimum absolute atomic E-state index is 0. The number of hydrogen-bond acceptors (Lipinski definition) is 4. The van der Waals surface area contributed by atoms with Crippen LogP contribution in [0.5, 0.6) is 5.75 Å². The van der Waals surface area contributed by atoms with Crippen LogP contribution in [0.4, 0.5) is 5.82 Å². The summed E-state index contributed by atoms with van der Waals surface area (Å²) in [5, 5.41) is 7.11. The van der Waals surface area contributed by atoms with E-state index in [0.29, 0.717) is 6.04 Å².